The van der Waals surface area contributed by atoms with Crippen molar-refractivity contribution < 1.29 is 26.8 Å². The number of hydrogen-bond acceptors (Lipinski definition) is 2. The molecule has 0 unspecified atom stereocenters. The molecule has 2 nitrogen and oxygen atoms in total. The summed E-state index contributed by atoms with van der Waals surface area (Å²) in [7, 11) is 0. The normalized spacial score (nSPS) is 12.1. The monoisotopic (exact) mass is 328 g/mol. The molecule has 0 bridgehead atoms. The predicted octanol–water partition coefficient (Wildman–Crippen LogP) is 5.07. The summed E-state index contributed by atoms with van der Waals surface area (Å²) in [5.74, 6) is 0. The van der Waals surface area contributed by atoms with Crippen LogP contribution in [-0.4, -0.2) is 6.21 Å². The van der Waals surface area contributed by atoms with E-state index in [4.69, 9.17) is 4.84 Å². The highest BCUT2D eigenvalue weighted by atomic mass is 19.4. The highest BCUT2D eigenvalue weighted by Crippen LogP contribution is 2.29. The Labute approximate surface area is 129 Å². The van der Waals surface area contributed by atoms with Gasteiger partial charge in [-0.3, -0.25) is 0 Å². The van der Waals surface area contributed by atoms with Crippen LogP contribution in [0.1, 0.15) is 28.7 Å². The van der Waals surface area contributed by atoms with Gasteiger partial charge in [-0.15, -0.1) is 0 Å². The first-order valence-corrected chi connectivity index (χ1v) is 6.48. The molecule has 0 aliphatic heterocycles. The molecule has 0 amide bonds. The van der Waals surface area contributed by atoms with Gasteiger partial charge in [0.25, 0.3) is 6.43 Å². The number of alkyl halides is 5. The molecule has 0 heterocycles. The van der Waals surface area contributed by atoms with E-state index in [1.54, 1.807) is 0 Å². The van der Waals surface area contributed by atoms with Crippen LogP contribution < -0.4 is 0 Å². The second-order valence-corrected chi connectivity index (χ2v) is 4.60. The van der Waals surface area contributed by atoms with Gasteiger partial charge in [0.15, 0.2) is 0 Å². The number of rotatable bonds is 5. The molecule has 2 rings (SSSR count). The van der Waals surface area contributed by atoms with E-state index in [1.165, 1.54) is 36.4 Å². The third kappa shape index (κ3) is 5.05. The van der Waals surface area contributed by atoms with Crippen molar-refractivity contribution in [3.8, 4) is 0 Å². The first-order chi connectivity index (χ1) is 10.9. The molecule has 2 aromatic rings. The van der Waals surface area contributed by atoms with E-state index in [2.05, 4.69) is 11.4 Å². The molecule has 0 fully saturated rings. The fraction of sp³-hybridized carbons (Fsp3) is 0.188. The predicted molar refractivity (Wildman–Crippen MR) is 74.2 cm³/mol. The van der Waals surface area contributed by atoms with Crippen LogP contribution in [0.5, 0.6) is 0 Å². The van der Waals surface area contributed by atoms with Gasteiger partial charge in [-0.05, 0) is 17.7 Å². The SMILES string of the molecule is FC(F)c1ccc(/[C]=N\OCc2cccc(C(F)(F)F)c2)cc1. The molecule has 0 saturated carbocycles. The van der Waals surface area contributed by atoms with Crippen molar-refractivity contribution in [2.75, 3.05) is 0 Å². The number of hydrogen-bond donors (Lipinski definition) is 0. The van der Waals surface area contributed by atoms with E-state index in [0.29, 0.717) is 11.1 Å². The zero-order valence-electron chi connectivity index (χ0n) is 11.6. The Hall–Kier alpha value is -2.44. The second-order valence-electron chi connectivity index (χ2n) is 4.60. The maximum absolute atomic E-state index is 12.5. The zero-order chi connectivity index (χ0) is 16.9. The van der Waals surface area contributed by atoms with Crippen molar-refractivity contribution in [3.63, 3.8) is 0 Å². The van der Waals surface area contributed by atoms with Crippen LogP contribution in [0.2, 0.25) is 0 Å². The Kier molecular flexibility index (Phi) is 5.31. The van der Waals surface area contributed by atoms with Gasteiger partial charge in [-0.2, -0.15) is 13.2 Å². The lowest BCUT2D eigenvalue weighted by molar-refractivity contribution is -0.137. The Morgan fingerprint density at radius 2 is 1.74 bits per heavy atom. The van der Waals surface area contributed by atoms with Crippen molar-refractivity contribution >= 4 is 6.21 Å². The largest absolute Gasteiger partial charge is 0.416 e. The summed E-state index contributed by atoms with van der Waals surface area (Å²) < 4.78 is 62.3. The molecule has 23 heavy (non-hydrogen) atoms. The first kappa shape index (κ1) is 16.9. The average Bonchev–Trinajstić information content (AvgIpc) is 2.51. The highest BCUT2D eigenvalue weighted by Gasteiger charge is 2.30. The Morgan fingerprint density at radius 1 is 1.04 bits per heavy atom. The molecule has 0 N–H and O–H groups in total. The van der Waals surface area contributed by atoms with Crippen LogP contribution in [0.15, 0.2) is 53.7 Å². The summed E-state index contributed by atoms with van der Waals surface area (Å²) in [5.41, 5.74) is -0.175. The Balaban J connectivity index is 1.92. The van der Waals surface area contributed by atoms with E-state index in [-0.39, 0.29) is 12.2 Å². The van der Waals surface area contributed by atoms with Gasteiger partial charge in [0.05, 0.1) is 5.56 Å². The minimum atomic E-state index is -4.42. The molecule has 0 aliphatic rings. The zero-order valence-corrected chi connectivity index (χ0v) is 11.6. The third-order valence-corrected chi connectivity index (χ3v) is 2.89. The fourth-order valence-electron chi connectivity index (χ4n) is 1.73. The fourth-order valence-corrected chi connectivity index (χ4v) is 1.73. The van der Waals surface area contributed by atoms with Gasteiger partial charge in [-0.25, -0.2) is 8.78 Å². The van der Waals surface area contributed by atoms with Gasteiger partial charge >= 0.3 is 6.18 Å². The summed E-state index contributed by atoms with van der Waals surface area (Å²) in [4.78, 5) is 4.87. The van der Waals surface area contributed by atoms with Gasteiger partial charge in [-0.1, -0.05) is 41.6 Å². The van der Waals surface area contributed by atoms with Crippen LogP contribution in [0.3, 0.4) is 0 Å². The van der Waals surface area contributed by atoms with Crippen LogP contribution >= 0.6 is 0 Å². The number of nitrogens with zero attached hydrogens (tertiary/aromatic N) is 1. The van der Waals surface area contributed by atoms with Gasteiger partial charge in [0.2, 0.25) is 0 Å². The smallest absolute Gasteiger partial charge is 0.390 e. The highest BCUT2D eigenvalue weighted by molar-refractivity contribution is 5.79. The van der Waals surface area contributed by atoms with E-state index in [1.807, 2.05) is 0 Å². The molecule has 7 heteroatoms. The molecular weight excluding hydrogens is 317 g/mol. The van der Waals surface area contributed by atoms with Crippen molar-refractivity contribution in [2.45, 2.75) is 19.2 Å². The van der Waals surface area contributed by atoms with Gasteiger partial charge < -0.3 is 4.84 Å². The van der Waals surface area contributed by atoms with Crippen LogP contribution in [0.25, 0.3) is 0 Å². The molecule has 0 spiro atoms. The van der Waals surface area contributed by atoms with Crippen LogP contribution in [0.4, 0.5) is 22.0 Å². The molecule has 0 saturated heterocycles. The lowest BCUT2D eigenvalue weighted by atomic mass is 10.1. The lowest BCUT2D eigenvalue weighted by Gasteiger charge is -2.07. The molecule has 1 radical (unpaired) electrons. The van der Waals surface area contributed by atoms with Crippen LogP contribution in [0, 0.1) is 0 Å². The number of benzene rings is 2. The van der Waals surface area contributed by atoms with Gasteiger partial charge in [0.1, 0.15) is 12.8 Å². The summed E-state index contributed by atoms with van der Waals surface area (Å²) >= 11 is 0. The van der Waals surface area contributed by atoms with E-state index >= 15 is 0 Å². The molecule has 121 valence electrons. The van der Waals surface area contributed by atoms with Crippen molar-refractivity contribution in [2.24, 2.45) is 5.16 Å². The van der Waals surface area contributed by atoms with Crippen LogP contribution in [-0.2, 0) is 17.6 Å². The van der Waals surface area contributed by atoms with E-state index in [9.17, 15) is 22.0 Å². The standard InChI is InChI=1S/C16H11F5NO/c17-15(18)13-6-4-11(5-7-13)9-22-23-10-12-2-1-3-14(8-12)16(19,20)21/h1-8,15H,10H2. The summed E-state index contributed by atoms with van der Waals surface area (Å²) in [6.45, 7) is -0.161. The Morgan fingerprint density at radius 3 is 2.35 bits per heavy atom. The van der Waals surface area contributed by atoms with E-state index in [0.717, 1.165) is 12.1 Å². The molecular formula is C16H11F5NO. The summed E-state index contributed by atoms with van der Waals surface area (Å²) in [6.07, 6.45) is -4.51. The van der Waals surface area contributed by atoms with Crippen molar-refractivity contribution in [3.05, 3.63) is 70.8 Å². The molecule has 0 aromatic heterocycles. The molecule has 2 aromatic carbocycles. The average molecular weight is 328 g/mol. The minimum absolute atomic E-state index is 0.125. The van der Waals surface area contributed by atoms with E-state index < -0.39 is 18.2 Å². The maximum atomic E-state index is 12.5. The van der Waals surface area contributed by atoms with Gasteiger partial charge in [0, 0.05) is 11.1 Å². The Bertz CT molecular complexity index is 665. The minimum Gasteiger partial charge on any atom is -0.390 e. The number of halogens is 5. The third-order valence-electron chi connectivity index (χ3n) is 2.89. The van der Waals surface area contributed by atoms with Crippen molar-refractivity contribution in [1.82, 2.24) is 0 Å². The first-order valence-electron chi connectivity index (χ1n) is 6.48. The lowest BCUT2D eigenvalue weighted by Crippen LogP contribution is -2.05. The summed E-state index contributed by atoms with van der Waals surface area (Å²) in [6, 6.07) is 9.92. The second kappa shape index (κ2) is 7.21. The molecule has 0 aliphatic carbocycles. The molecule has 0 atom stereocenters. The quantitative estimate of drug-likeness (QED) is 0.426. The van der Waals surface area contributed by atoms with Crippen molar-refractivity contribution in [1.29, 1.82) is 0 Å². The summed E-state index contributed by atoms with van der Waals surface area (Å²) in [5, 5.41) is 3.48. The maximum Gasteiger partial charge on any atom is 0.416 e. The topological polar surface area (TPSA) is 21.6 Å².